The Morgan fingerprint density at radius 1 is 1.32 bits per heavy atom. The Kier molecular flexibility index (Phi) is 6.38. The smallest absolute Gasteiger partial charge is 0.408 e. The molecule has 6 heteroatoms. The van der Waals surface area contributed by atoms with E-state index in [2.05, 4.69) is 5.32 Å². The third-order valence-corrected chi connectivity index (χ3v) is 2.51. The maximum Gasteiger partial charge on any atom is 0.408 e. The second-order valence-corrected chi connectivity index (χ2v) is 4.02. The molecule has 0 heterocycles. The molecule has 0 aliphatic carbocycles. The highest BCUT2D eigenvalue weighted by molar-refractivity contribution is 5.84. The van der Waals surface area contributed by atoms with Crippen molar-refractivity contribution >= 4 is 12.0 Å². The molecule has 1 aromatic rings. The van der Waals surface area contributed by atoms with Crippen LogP contribution in [0.2, 0.25) is 0 Å². The molecule has 0 saturated carbocycles. The van der Waals surface area contributed by atoms with E-state index in [1.807, 2.05) is 37.3 Å². The molecular formula is C13H18N2O4. The van der Waals surface area contributed by atoms with Crippen molar-refractivity contribution in [3.63, 3.8) is 0 Å². The molecule has 0 fully saturated rings. The molecule has 3 N–H and O–H groups in total. The molecule has 2 amide bonds. The zero-order valence-corrected chi connectivity index (χ0v) is 10.8. The summed E-state index contributed by atoms with van der Waals surface area (Å²) >= 11 is 0. The molecule has 1 rings (SSSR count). The third kappa shape index (κ3) is 5.39. The van der Waals surface area contributed by atoms with Gasteiger partial charge in [-0.25, -0.2) is 10.3 Å². The van der Waals surface area contributed by atoms with E-state index in [1.165, 1.54) is 5.48 Å². The lowest BCUT2D eigenvalue weighted by Crippen LogP contribution is -2.45. The lowest BCUT2D eigenvalue weighted by molar-refractivity contribution is -0.131. The Bertz CT molecular complexity index is 408. The summed E-state index contributed by atoms with van der Waals surface area (Å²) in [7, 11) is 0. The second-order valence-electron chi connectivity index (χ2n) is 4.02. The number of carbonyl (C=O) groups is 2. The first-order valence-corrected chi connectivity index (χ1v) is 6.08. The number of alkyl carbamates (subject to hydrolysis) is 1. The molecule has 0 aliphatic rings. The van der Waals surface area contributed by atoms with Crippen LogP contribution in [0.1, 0.15) is 25.3 Å². The molecule has 0 aromatic heterocycles. The monoisotopic (exact) mass is 266 g/mol. The van der Waals surface area contributed by atoms with Crippen LogP contribution in [0.3, 0.4) is 0 Å². The highest BCUT2D eigenvalue weighted by Crippen LogP contribution is 2.02. The van der Waals surface area contributed by atoms with Crippen LogP contribution in [0.5, 0.6) is 0 Å². The molecule has 0 aliphatic heterocycles. The van der Waals surface area contributed by atoms with Crippen molar-refractivity contribution in [2.45, 2.75) is 32.4 Å². The van der Waals surface area contributed by atoms with Crippen LogP contribution in [-0.2, 0) is 16.1 Å². The maximum atomic E-state index is 11.5. The zero-order chi connectivity index (χ0) is 14.1. The predicted octanol–water partition coefficient (Wildman–Crippen LogP) is 1.59. The van der Waals surface area contributed by atoms with Crippen LogP contribution >= 0.6 is 0 Å². The highest BCUT2D eigenvalue weighted by atomic mass is 16.5. The molecule has 1 atom stereocenters. The molecule has 1 aromatic carbocycles. The normalized spacial score (nSPS) is 11.5. The second kappa shape index (κ2) is 8.10. The minimum Gasteiger partial charge on any atom is -0.445 e. The SMILES string of the molecule is CCCC(NC(=O)OCc1ccccc1)C(=O)NO. The number of amides is 2. The van der Waals surface area contributed by atoms with Gasteiger partial charge in [0.1, 0.15) is 12.6 Å². The van der Waals surface area contributed by atoms with Crippen LogP contribution in [-0.4, -0.2) is 23.2 Å². The third-order valence-electron chi connectivity index (χ3n) is 2.51. The Morgan fingerprint density at radius 3 is 2.58 bits per heavy atom. The molecule has 0 spiro atoms. The first-order valence-electron chi connectivity index (χ1n) is 6.08. The summed E-state index contributed by atoms with van der Waals surface area (Å²) in [4.78, 5) is 22.8. The van der Waals surface area contributed by atoms with E-state index in [0.29, 0.717) is 12.8 Å². The van der Waals surface area contributed by atoms with Gasteiger partial charge in [-0.2, -0.15) is 0 Å². The van der Waals surface area contributed by atoms with Crippen molar-refractivity contribution in [3.8, 4) is 0 Å². The van der Waals surface area contributed by atoms with Crippen molar-refractivity contribution in [1.29, 1.82) is 0 Å². The van der Waals surface area contributed by atoms with Gasteiger partial charge in [-0.3, -0.25) is 10.0 Å². The Hall–Kier alpha value is -2.08. The van der Waals surface area contributed by atoms with E-state index in [4.69, 9.17) is 9.94 Å². The number of rotatable bonds is 6. The van der Waals surface area contributed by atoms with E-state index in [1.54, 1.807) is 0 Å². The largest absolute Gasteiger partial charge is 0.445 e. The number of hydrogen-bond donors (Lipinski definition) is 3. The van der Waals surface area contributed by atoms with E-state index < -0.39 is 18.0 Å². The van der Waals surface area contributed by atoms with Gasteiger partial charge in [0, 0.05) is 0 Å². The Labute approximate surface area is 111 Å². The lowest BCUT2D eigenvalue weighted by Gasteiger charge is -2.15. The van der Waals surface area contributed by atoms with Crippen molar-refractivity contribution in [2.24, 2.45) is 0 Å². The summed E-state index contributed by atoms with van der Waals surface area (Å²) < 4.78 is 4.99. The van der Waals surface area contributed by atoms with Gasteiger partial charge in [0.2, 0.25) is 0 Å². The van der Waals surface area contributed by atoms with Crippen LogP contribution in [0.25, 0.3) is 0 Å². The number of ether oxygens (including phenoxy) is 1. The van der Waals surface area contributed by atoms with Crippen LogP contribution in [0.15, 0.2) is 30.3 Å². The first-order chi connectivity index (χ1) is 9.17. The van der Waals surface area contributed by atoms with Gasteiger partial charge in [0.05, 0.1) is 0 Å². The predicted molar refractivity (Wildman–Crippen MR) is 68.4 cm³/mol. The summed E-state index contributed by atoms with van der Waals surface area (Å²) in [5.74, 6) is -0.654. The fourth-order valence-electron chi connectivity index (χ4n) is 1.54. The topological polar surface area (TPSA) is 87.7 Å². The molecule has 6 nitrogen and oxygen atoms in total. The Morgan fingerprint density at radius 2 is 2.00 bits per heavy atom. The number of hydroxylamine groups is 1. The highest BCUT2D eigenvalue weighted by Gasteiger charge is 2.19. The van der Waals surface area contributed by atoms with E-state index in [-0.39, 0.29) is 6.61 Å². The Balaban J connectivity index is 2.42. The first kappa shape index (κ1) is 15.0. The standard InChI is InChI=1S/C13H18N2O4/c1-2-6-11(12(16)15-18)14-13(17)19-9-10-7-4-3-5-8-10/h3-5,7-8,11,18H,2,6,9H2,1H3,(H,14,17)(H,15,16). The minimum atomic E-state index is -0.793. The summed E-state index contributed by atoms with van der Waals surface area (Å²) in [5.41, 5.74) is 2.38. The van der Waals surface area contributed by atoms with E-state index >= 15 is 0 Å². The number of nitrogens with one attached hydrogen (secondary N) is 2. The van der Waals surface area contributed by atoms with Gasteiger partial charge in [-0.05, 0) is 12.0 Å². The molecule has 0 saturated heterocycles. The van der Waals surface area contributed by atoms with Gasteiger partial charge in [0.25, 0.3) is 5.91 Å². The van der Waals surface area contributed by atoms with Crippen molar-refractivity contribution in [1.82, 2.24) is 10.8 Å². The number of carbonyl (C=O) groups excluding carboxylic acids is 2. The quantitative estimate of drug-likeness (QED) is 0.539. The van der Waals surface area contributed by atoms with Gasteiger partial charge < -0.3 is 10.1 Å². The van der Waals surface area contributed by atoms with Crippen molar-refractivity contribution in [3.05, 3.63) is 35.9 Å². The maximum absolute atomic E-state index is 11.5. The average Bonchev–Trinajstić information content (AvgIpc) is 2.45. The molecular weight excluding hydrogens is 248 g/mol. The van der Waals surface area contributed by atoms with Crippen LogP contribution in [0.4, 0.5) is 4.79 Å². The molecule has 1 unspecified atom stereocenters. The van der Waals surface area contributed by atoms with Crippen molar-refractivity contribution in [2.75, 3.05) is 0 Å². The van der Waals surface area contributed by atoms with Gasteiger partial charge >= 0.3 is 6.09 Å². The summed E-state index contributed by atoms with van der Waals surface area (Å²) in [5, 5.41) is 11.0. The molecule has 19 heavy (non-hydrogen) atoms. The van der Waals surface area contributed by atoms with Gasteiger partial charge in [-0.15, -0.1) is 0 Å². The lowest BCUT2D eigenvalue weighted by atomic mass is 10.1. The van der Waals surface area contributed by atoms with E-state index in [0.717, 1.165) is 5.56 Å². The van der Waals surface area contributed by atoms with E-state index in [9.17, 15) is 9.59 Å². The summed E-state index contributed by atoms with van der Waals surface area (Å²) in [6.45, 7) is 2.00. The average molecular weight is 266 g/mol. The molecule has 0 radical (unpaired) electrons. The number of benzene rings is 1. The van der Waals surface area contributed by atoms with Crippen LogP contribution < -0.4 is 10.8 Å². The fraction of sp³-hybridized carbons (Fsp3) is 0.385. The zero-order valence-electron chi connectivity index (χ0n) is 10.8. The van der Waals surface area contributed by atoms with Gasteiger partial charge in [-0.1, -0.05) is 43.7 Å². The van der Waals surface area contributed by atoms with Gasteiger partial charge in [0.15, 0.2) is 0 Å². The summed E-state index contributed by atoms with van der Waals surface area (Å²) in [6.07, 6.45) is 0.426. The minimum absolute atomic E-state index is 0.131. The molecule has 0 bridgehead atoms. The number of hydrogen-bond acceptors (Lipinski definition) is 4. The molecule has 104 valence electrons. The summed E-state index contributed by atoms with van der Waals surface area (Å²) in [6, 6.07) is 8.42. The van der Waals surface area contributed by atoms with Crippen LogP contribution in [0, 0.1) is 0 Å². The fourth-order valence-corrected chi connectivity index (χ4v) is 1.54. The van der Waals surface area contributed by atoms with Crippen molar-refractivity contribution < 1.29 is 19.5 Å².